The third kappa shape index (κ3) is 11.7. The molecule has 0 atom stereocenters. The van der Waals surface area contributed by atoms with Crippen molar-refractivity contribution in [1.82, 2.24) is 4.90 Å². The number of rotatable bonds is 10. The summed E-state index contributed by atoms with van der Waals surface area (Å²) in [6.07, 6.45) is 3.44. The molecule has 0 aromatic rings. The summed E-state index contributed by atoms with van der Waals surface area (Å²) in [5.41, 5.74) is 0. The van der Waals surface area contributed by atoms with E-state index in [1.165, 1.54) is 0 Å². The molecule has 5 heteroatoms. The molecular weight excluding hydrogens is 246 g/mol. The van der Waals surface area contributed by atoms with Crippen molar-refractivity contribution >= 4 is 5.97 Å². The summed E-state index contributed by atoms with van der Waals surface area (Å²) < 4.78 is 4.96. The van der Waals surface area contributed by atoms with Crippen LogP contribution in [0.3, 0.4) is 0 Å². The number of carbonyl (C=O) groups excluding carboxylic acids is 1. The van der Waals surface area contributed by atoms with Crippen molar-refractivity contribution in [1.29, 1.82) is 0 Å². The highest BCUT2D eigenvalue weighted by atomic mass is 16.5. The van der Waals surface area contributed by atoms with Gasteiger partial charge in [0.1, 0.15) is 0 Å². The first-order chi connectivity index (χ1) is 9.24. The molecule has 0 aromatic carbocycles. The maximum Gasteiger partial charge on any atom is 0.306 e. The monoisotopic (exact) mass is 271 g/mol. The van der Waals surface area contributed by atoms with Crippen molar-refractivity contribution in [2.45, 2.75) is 32.6 Å². The van der Waals surface area contributed by atoms with Gasteiger partial charge in [0.15, 0.2) is 6.61 Å². The first-order valence-corrected chi connectivity index (χ1v) is 6.80. The highest BCUT2D eigenvalue weighted by Gasteiger charge is 2.01. The Morgan fingerprint density at radius 1 is 1.16 bits per heavy atom. The van der Waals surface area contributed by atoms with Crippen LogP contribution >= 0.6 is 0 Å². The molecule has 0 radical (unpaired) electrons. The molecule has 2 N–H and O–H groups in total. The normalized spacial score (nSPS) is 10.1. The van der Waals surface area contributed by atoms with E-state index in [1.54, 1.807) is 0 Å². The van der Waals surface area contributed by atoms with E-state index in [-0.39, 0.29) is 25.8 Å². The summed E-state index contributed by atoms with van der Waals surface area (Å²) in [6, 6.07) is 0. The first kappa shape index (κ1) is 17.9. The lowest BCUT2D eigenvalue weighted by Crippen LogP contribution is -2.30. The van der Waals surface area contributed by atoms with Crippen molar-refractivity contribution in [3.8, 4) is 11.8 Å². The molecule has 0 saturated carbocycles. The summed E-state index contributed by atoms with van der Waals surface area (Å²) in [4.78, 5) is 13.1. The van der Waals surface area contributed by atoms with Crippen molar-refractivity contribution < 1.29 is 19.7 Å². The molecule has 0 spiro atoms. The number of hydrogen-bond donors (Lipinski definition) is 2. The van der Waals surface area contributed by atoms with Gasteiger partial charge in [0.25, 0.3) is 0 Å². The lowest BCUT2D eigenvalue weighted by atomic mass is 10.2. The van der Waals surface area contributed by atoms with Gasteiger partial charge in [-0.05, 0) is 6.42 Å². The van der Waals surface area contributed by atoms with Crippen molar-refractivity contribution in [3.05, 3.63) is 0 Å². The van der Waals surface area contributed by atoms with E-state index in [9.17, 15) is 4.79 Å². The molecule has 5 nitrogen and oxygen atoms in total. The van der Waals surface area contributed by atoms with Gasteiger partial charge in [0, 0.05) is 19.5 Å². The average Bonchev–Trinajstić information content (AvgIpc) is 2.39. The lowest BCUT2D eigenvalue weighted by molar-refractivity contribution is -0.142. The predicted molar refractivity (Wildman–Crippen MR) is 73.5 cm³/mol. The fourth-order valence-electron chi connectivity index (χ4n) is 1.48. The molecule has 0 aliphatic carbocycles. The number of nitrogens with zero attached hydrogens (tertiary/aromatic N) is 1. The van der Waals surface area contributed by atoms with Gasteiger partial charge < -0.3 is 14.9 Å². The molecule has 0 amide bonds. The van der Waals surface area contributed by atoms with E-state index in [1.807, 2.05) is 4.90 Å². The molecule has 0 heterocycles. The van der Waals surface area contributed by atoms with Gasteiger partial charge in [-0.2, -0.15) is 0 Å². The maximum atomic E-state index is 11.3. The zero-order valence-corrected chi connectivity index (χ0v) is 11.7. The van der Waals surface area contributed by atoms with Gasteiger partial charge in [-0.15, -0.1) is 0 Å². The van der Waals surface area contributed by atoms with Crippen molar-refractivity contribution in [2.75, 3.05) is 39.5 Å². The highest BCUT2D eigenvalue weighted by molar-refractivity contribution is 5.69. The zero-order valence-electron chi connectivity index (χ0n) is 11.7. The van der Waals surface area contributed by atoms with Crippen LogP contribution in [0.5, 0.6) is 0 Å². The summed E-state index contributed by atoms with van der Waals surface area (Å²) in [6.45, 7) is 3.67. The van der Waals surface area contributed by atoms with Crippen LogP contribution in [0.25, 0.3) is 0 Å². The number of carbonyl (C=O) groups is 1. The Balaban J connectivity index is 3.69. The third-order valence-electron chi connectivity index (χ3n) is 2.55. The van der Waals surface area contributed by atoms with Crippen LogP contribution in [0, 0.1) is 11.8 Å². The maximum absolute atomic E-state index is 11.3. The lowest BCUT2D eigenvalue weighted by Gasteiger charge is -2.16. The topological polar surface area (TPSA) is 70.0 Å². The Labute approximate surface area is 115 Å². The van der Waals surface area contributed by atoms with Crippen molar-refractivity contribution in [2.24, 2.45) is 0 Å². The largest absolute Gasteiger partial charge is 0.452 e. The van der Waals surface area contributed by atoms with Gasteiger partial charge in [0.2, 0.25) is 0 Å². The van der Waals surface area contributed by atoms with Crippen molar-refractivity contribution in [3.63, 3.8) is 0 Å². The molecule has 0 unspecified atom stereocenters. The van der Waals surface area contributed by atoms with E-state index in [0.29, 0.717) is 26.1 Å². The molecule has 0 saturated heterocycles. The fourth-order valence-corrected chi connectivity index (χ4v) is 1.48. The van der Waals surface area contributed by atoms with E-state index in [0.717, 1.165) is 19.3 Å². The van der Waals surface area contributed by atoms with Crippen LogP contribution < -0.4 is 0 Å². The van der Waals surface area contributed by atoms with Gasteiger partial charge in [-0.3, -0.25) is 9.69 Å². The van der Waals surface area contributed by atoms with Gasteiger partial charge in [0.05, 0.1) is 19.8 Å². The Hall–Kier alpha value is -1.09. The fraction of sp³-hybridized carbons (Fsp3) is 0.786. The quantitative estimate of drug-likeness (QED) is 0.342. The second kappa shape index (κ2) is 13.3. The SMILES string of the molecule is CCCCCC(=O)OCC#CCN(CCO)CCO. The molecule has 19 heavy (non-hydrogen) atoms. The van der Waals surface area contributed by atoms with Crippen LogP contribution in [-0.2, 0) is 9.53 Å². The van der Waals surface area contributed by atoms with Gasteiger partial charge >= 0.3 is 5.97 Å². The molecule has 0 aliphatic heterocycles. The van der Waals surface area contributed by atoms with Crippen LogP contribution in [0.15, 0.2) is 0 Å². The summed E-state index contributed by atoms with van der Waals surface area (Å²) in [5.74, 6) is 5.41. The average molecular weight is 271 g/mol. The predicted octanol–water partition coefficient (Wildman–Crippen LogP) is 0.400. The molecular formula is C14H25NO4. The number of ether oxygens (including phenoxy) is 1. The number of hydrogen-bond acceptors (Lipinski definition) is 5. The number of esters is 1. The minimum absolute atomic E-state index is 0.0358. The number of aliphatic hydroxyl groups excluding tert-OH is 2. The van der Waals surface area contributed by atoms with Gasteiger partial charge in [-0.1, -0.05) is 31.6 Å². The minimum Gasteiger partial charge on any atom is -0.452 e. The Morgan fingerprint density at radius 2 is 1.84 bits per heavy atom. The van der Waals surface area contributed by atoms with Crippen LogP contribution in [0.1, 0.15) is 32.6 Å². The molecule has 0 bridgehead atoms. The van der Waals surface area contributed by atoms with E-state index >= 15 is 0 Å². The number of unbranched alkanes of at least 4 members (excludes halogenated alkanes) is 2. The third-order valence-corrected chi connectivity index (χ3v) is 2.55. The van der Waals surface area contributed by atoms with Crippen LogP contribution in [0.2, 0.25) is 0 Å². The van der Waals surface area contributed by atoms with E-state index in [4.69, 9.17) is 14.9 Å². The Kier molecular flexibility index (Phi) is 12.6. The second-order valence-electron chi connectivity index (χ2n) is 4.19. The second-order valence-corrected chi connectivity index (χ2v) is 4.19. The number of aliphatic hydroxyl groups is 2. The van der Waals surface area contributed by atoms with Gasteiger partial charge in [-0.25, -0.2) is 0 Å². The standard InChI is InChI=1S/C14H25NO4/c1-2-3-4-7-14(18)19-13-6-5-8-15(9-11-16)10-12-17/h16-17H,2-4,7-13H2,1H3. The zero-order chi connectivity index (χ0) is 14.3. The Bertz CT molecular complexity index is 277. The van der Waals surface area contributed by atoms with E-state index in [2.05, 4.69) is 18.8 Å². The smallest absolute Gasteiger partial charge is 0.306 e. The molecule has 0 aliphatic rings. The molecule has 0 rings (SSSR count). The Morgan fingerprint density at radius 3 is 2.42 bits per heavy atom. The minimum atomic E-state index is -0.203. The molecule has 0 fully saturated rings. The summed E-state index contributed by atoms with van der Waals surface area (Å²) in [7, 11) is 0. The summed E-state index contributed by atoms with van der Waals surface area (Å²) >= 11 is 0. The highest BCUT2D eigenvalue weighted by Crippen LogP contribution is 1.99. The van der Waals surface area contributed by atoms with Crippen LogP contribution in [0.4, 0.5) is 0 Å². The first-order valence-electron chi connectivity index (χ1n) is 6.80. The van der Waals surface area contributed by atoms with E-state index < -0.39 is 0 Å². The van der Waals surface area contributed by atoms with Crippen LogP contribution in [-0.4, -0.2) is 60.5 Å². The molecule has 110 valence electrons. The molecule has 0 aromatic heterocycles. The summed E-state index contributed by atoms with van der Waals surface area (Å²) in [5, 5.41) is 17.6.